The maximum atomic E-state index is 11.4. The number of carbonyl (C=O) groups is 2. The molecule has 2 amide bonds. The van der Waals surface area contributed by atoms with Gasteiger partial charge in [0.1, 0.15) is 5.60 Å². The Hall–Kier alpha value is -1.30. The predicted octanol–water partition coefficient (Wildman–Crippen LogP) is -0.168. The fraction of sp³-hybridized carbons (Fsp3) is 0.818. The van der Waals surface area contributed by atoms with Crippen molar-refractivity contribution < 1.29 is 14.3 Å². The molecule has 1 heterocycles. The van der Waals surface area contributed by atoms with Gasteiger partial charge in [-0.15, -0.1) is 0 Å². The van der Waals surface area contributed by atoms with Gasteiger partial charge >= 0.3 is 6.09 Å². The van der Waals surface area contributed by atoms with E-state index in [0.29, 0.717) is 19.6 Å². The zero-order valence-corrected chi connectivity index (χ0v) is 10.6. The number of hydrogen-bond donors (Lipinski definition) is 3. The number of hydrogen-bond acceptors (Lipinski definition) is 4. The first kappa shape index (κ1) is 13.8. The van der Waals surface area contributed by atoms with E-state index in [4.69, 9.17) is 10.5 Å². The smallest absolute Gasteiger partial charge is 0.407 e. The number of carbonyl (C=O) groups excluding carboxylic acids is 2. The molecule has 0 aromatic carbocycles. The van der Waals surface area contributed by atoms with Crippen LogP contribution >= 0.6 is 0 Å². The first-order valence-electron chi connectivity index (χ1n) is 5.76. The molecule has 1 fully saturated rings. The van der Waals surface area contributed by atoms with Gasteiger partial charge in [0, 0.05) is 25.6 Å². The first-order valence-corrected chi connectivity index (χ1v) is 5.76. The third-order valence-corrected chi connectivity index (χ3v) is 2.61. The highest BCUT2D eigenvalue weighted by atomic mass is 16.6. The maximum absolute atomic E-state index is 11.4. The summed E-state index contributed by atoms with van der Waals surface area (Å²) in [6.45, 7) is 7.07. The molecule has 1 saturated heterocycles. The summed E-state index contributed by atoms with van der Waals surface area (Å²) in [6.07, 6.45) is -0.465. The molecular formula is C11H21N3O3. The van der Waals surface area contributed by atoms with Crippen LogP contribution in [-0.4, -0.2) is 37.2 Å². The molecule has 0 saturated carbocycles. The number of primary amides is 1. The van der Waals surface area contributed by atoms with Gasteiger partial charge in [0.2, 0.25) is 5.91 Å². The van der Waals surface area contributed by atoms with Crippen LogP contribution in [0.3, 0.4) is 0 Å². The van der Waals surface area contributed by atoms with Crippen molar-refractivity contribution in [3.05, 3.63) is 0 Å². The second-order valence-corrected chi connectivity index (χ2v) is 5.31. The molecule has 0 aromatic rings. The van der Waals surface area contributed by atoms with Crippen LogP contribution in [0.15, 0.2) is 0 Å². The fourth-order valence-corrected chi connectivity index (χ4v) is 1.81. The van der Waals surface area contributed by atoms with Gasteiger partial charge in [-0.05, 0) is 20.8 Å². The van der Waals surface area contributed by atoms with Crippen molar-refractivity contribution in [3.8, 4) is 0 Å². The van der Waals surface area contributed by atoms with Crippen molar-refractivity contribution in [3.63, 3.8) is 0 Å². The van der Waals surface area contributed by atoms with Gasteiger partial charge in [-0.3, -0.25) is 4.79 Å². The molecule has 0 bridgehead atoms. The molecule has 0 unspecified atom stereocenters. The van der Waals surface area contributed by atoms with E-state index in [2.05, 4.69) is 10.6 Å². The van der Waals surface area contributed by atoms with Gasteiger partial charge in [-0.25, -0.2) is 4.79 Å². The van der Waals surface area contributed by atoms with Crippen LogP contribution in [0.5, 0.6) is 0 Å². The van der Waals surface area contributed by atoms with E-state index < -0.39 is 11.7 Å². The molecule has 1 aliphatic heterocycles. The summed E-state index contributed by atoms with van der Waals surface area (Å²) in [5.41, 5.74) is 4.76. The number of nitrogens with one attached hydrogen (secondary N) is 2. The van der Waals surface area contributed by atoms with Gasteiger partial charge in [-0.2, -0.15) is 0 Å². The van der Waals surface area contributed by atoms with Gasteiger partial charge in [0.15, 0.2) is 0 Å². The summed E-state index contributed by atoms with van der Waals surface area (Å²) >= 11 is 0. The van der Waals surface area contributed by atoms with Crippen molar-refractivity contribution in [1.29, 1.82) is 0 Å². The summed E-state index contributed by atoms with van der Waals surface area (Å²) in [5, 5.41) is 5.74. The van der Waals surface area contributed by atoms with E-state index in [1.807, 2.05) is 0 Å². The van der Waals surface area contributed by atoms with Gasteiger partial charge < -0.3 is 21.1 Å². The molecule has 6 heteroatoms. The van der Waals surface area contributed by atoms with Crippen LogP contribution in [0.1, 0.15) is 20.8 Å². The molecule has 0 radical (unpaired) electrons. The molecule has 0 aliphatic carbocycles. The number of nitrogens with two attached hydrogens (primary N) is 1. The van der Waals surface area contributed by atoms with E-state index in [1.54, 1.807) is 20.8 Å². The maximum Gasteiger partial charge on any atom is 0.407 e. The summed E-state index contributed by atoms with van der Waals surface area (Å²) in [5.74, 6) is -0.504. The van der Waals surface area contributed by atoms with E-state index in [1.165, 1.54) is 0 Å². The van der Waals surface area contributed by atoms with Crippen LogP contribution in [0.25, 0.3) is 0 Å². The third-order valence-electron chi connectivity index (χ3n) is 2.61. The third kappa shape index (κ3) is 4.60. The Kier molecular flexibility index (Phi) is 4.34. The Balaban J connectivity index is 2.35. The van der Waals surface area contributed by atoms with Gasteiger partial charge in [0.05, 0.1) is 5.92 Å². The number of ether oxygens (including phenoxy) is 1. The second-order valence-electron chi connectivity index (χ2n) is 5.31. The van der Waals surface area contributed by atoms with Gasteiger partial charge in [0.25, 0.3) is 0 Å². The Bertz CT molecular complexity index is 299. The largest absolute Gasteiger partial charge is 0.444 e. The minimum Gasteiger partial charge on any atom is -0.444 e. The Morgan fingerprint density at radius 1 is 1.41 bits per heavy atom. The minimum atomic E-state index is -0.513. The summed E-state index contributed by atoms with van der Waals surface area (Å²) in [6, 6.07) is 0. The zero-order chi connectivity index (χ0) is 13.1. The zero-order valence-electron chi connectivity index (χ0n) is 10.6. The van der Waals surface area contributed by atoms with E-state index in [9.17, 15) is 9.59 Å². The lowest BCUT2D eigenvalue weighted by atomic mass is 9.95. The Morgan fingerprint density at radius 3 is 2.59 bits per heavy atom. The van der Waals surface area contributed by atoms with Crippen molar-refractivity contribution in [2.75, 3.05) is 19.6 Å². The molecule has 0 aromatic heterocycles. The van der Waals surface area contributed by atoms with Crippen molar-refractivity contribution in [2.24, 2.45) is 17.6 Å². The van der Waals surface area contributed by atoms with E-state index in [-0.39, 0.29) is 17.7 Å². The molecule has 98 valence electrons. The molecule has 4 N–H and O–H groups in total. The molecule has 17 heavy (non-hydrogen) atoms. The van der Waals surface area contributed by atoms with Crippen LogP contribution in [0, 0.1) is 11.8 Å². The van der Waals surface area contributed by atoms with Crippen molar-refractivity contribution in [1.82, 2.24) is 10.6 Å². The van der Waals surface area contributed by atoms with Crippen LogP contribution in [0.4, 0.5) is 4.79 Å². The summed E-state index contributed by atoms with van der Waals surface area (Å²) in [4.78, 5) is 22.5. The average Bonchev–Trinajstić information content (AvgIpc) is 2.59. The molecule has 1 rings (SSSR count). The lowest BCUT2D eigenvalue weighted by molar-refractivity contribution is -0.122. The summed E-state index contributed by atoms with van der Waals surface area (Å²) < 4.78 is 5.11. The number of amides is 2. The van der Waals surface area contributed by atoms with E-state index in [0.717, 1.165) is 0 Å². The van der Waals surface area contributed by atoms with Crippen molar-refractivity contribution >= 4 is 12.0 Å². The first-order chi connectivity index (χ1) is 7.79. The topological polar surface area (TPSA) is 93.4 Å². The predicted molar refractivity (Wildman–Crippen MR) is 63.3 cm³/mol. The highest BCUT2D eigenvalue weighted by Crippen LogP contribution is 2.15. The minimum absolute atomic E-state index is 0.0417. The molecular weight excluding hydrogens is 222 g/mol. The SMILES string of the molecule is CC(C)(C)OC(=O)NC[C@H]1CNC[C@H]1C(N)=O. The molecule has 2 atom stereocenters. The second kappa shape index (κ2) is 5.35. The van der Waals surface area contributed by atoms with Crippen LogP contribution in [-0.2, 0) is 9.53 Å². The lowest BCUT2D eigenvalue weighted by Gasteiger charge is -2.21. The highest BCUT2D eigenvalue weighted by molar-refractivity contribution is 5.77. The number of alkyl carbamates (subject to hydrolysis) is 1. The lowest BCUT2D eigenvalue weighted by Crippen LogP contribution is -2.39. The quantitative estimate of drug-likeness (QED) is 0.641. The fourth-order valence-electron chi connectivity index (χ4n) is 1.81. The highest BCUT2D eigenvalue weighted by Gasteiger charge is 2.31. The average molecular weight is 243 g/mol. The monoisotopic (exact) mass is 243 g/mol. The van der Waals surface area contributed by atoms with Crippen LogP contribution < -0.4 is 16.4 Å². The Morgan fingerprint density at radius 2 is 2.06 bits per heavy atom. The van der Waals surface area contributed by atoms with Crippen molar-refractivity contribution in [2.45, 2.75) is 26.4 Å². The van der Waals surface area contributed by atoms with E-state index >= 15 is 0 Å². The van der Waals surface area contributed by atoms with Crippen LogP contribution in [0.2, 0.25) is 0 Å². The van der Waals surface area contributed by atoms with Gasteiger partial charge in [-0.1, -0.05) is 0 Å². The summed E-state index contributed by atoms with van der Waals surface area (Å²) in [7, 11) is 0. The molecule has 6 nitrogen and oxygen atoms in total. The standard InChI is InChI=1S/C11H21N3O3/c1-11(2,3)17-10(16)14-5-7-4-13-6-8(7)9(12)15/h7-8,13H,4-6H2,1-3H3,(H2,12,15)(H,14,16)/t7-,8-/m1/s1. The normalized spacial score (nSPS) is 24.4. The molecule has 1 aliphatic rings. The number of rotatable bonds is 3. The Labute approximate surface area is 101 Å². The molecule has 0 spiro atoms.